The predicted octanol–water partition coefficient (Wildman–Crippen LogP) is 5.59. The molecule has 0 radical (unpaired) electrons. The molecule has 17 heavy (non-hydrogen) atoms. The van der Waals surface area contributed by atoms with E-state index in [4.69, 9.17) is 23.2 Å². The summed E-state index contributed by atoms with van der Waals surface area (Å²) < 4.78 is 0. The Balaban J connectivity index is 2.69. The monoisotopic (exact) mass is 264 g/mol. The number of aryl methyl sites for hydroxylation is 3. The van der Waals surface area contributed by atoms with Crippen LogP contribution in [0.3, 0.4) is 0 Å². The molecule has 2 heteroatoms. The quantitative estimate of drug-likeness (QED) is 0.630. The molecule has 0 bridgehead atoms. The fourth-order valence-corrected chi connectivity index (χ4v) is 2.36. The Morgan fingerprint density at radius 1 is 0.765 bits per heavy atom. The molecule has 88 valence electrons. The lowest BCUT2D eigenvalue weighted by Gasteiger charge is -2.12. The average molecular weight is 265 g/mol. The van der Waals surface area contributed by atoms with Crippen molar-refractivity contribution < 1.29 is 0 Å². The van der Waals surface area contributed by atoms with E-state index in [1.54, 1.807) is 0 Å². The number of hydrogen-bond acceptors (Lipinski definition) is 0. The highest BCUT2D eigenvalue weighted by Crippen LogP contribution is 2.35. The van der Waals surface area contributed by atoms with Crippen LogP contribution in [-0.4, -0.2) is 0 Å². The van der Waals surface area contributed by atoms with Gasteiger partial charge in [0.2, 0.25) is 0 Å². The van der Waals surface area contributed by atoms with Crippen molar-refractivity contribution in [2.75, 3.05) is 0 Å². The van der Waals surface area contributed by atoms with Gasteiger partial charge in [0.1, 0.15) is 0 Å². The predicted molar refractivity (Wildman–Crippen MR) is 76.1 cm³/mol. The molecule has 0 fully saturated rings. The molecule has 2 rings (SSSR count). The molecule has 0 saturated carbocycles. The van der Waals surface area contributed by atoms with Crippen LogP contribution in [0.15, 0.2) is 30.3 Å². The third-order valence-electron chi connectivity index (χ3n) is 3.08. The van der Waals surface area contributed by atoms with Crippen molar-refractivity contribution in [3.8, 4) is 11.1 Å². The zero-order valence-electron chi connectivity index (χ0n) is 10.1. The first kappa shape index (κ1) is 12.5. The summed E-state index contributed by atoms with van der Waals surface area (Å²) in [7, 11) is 0. The van der Waals surface area contributed by atoms with Gasteiger partial charge in [-0.1, -0.05) is 47.5 Å². The minimum atomic E-state index is 0.599. The van der Waals surface area contributed by atoms with Gasteiger partial charge in [-0.05, 0) is 49.1 Å². The maximum atomic E-state index is 6.26. The number of halogens is 2. The van der Waals surface area contributed by atoms with Crippen molar-refractivity contribution in [2.45, 2.75) is 20.8 Å². The molecule has 0 heterocycles. The number of hydrogen-bond donors (Lipinski definition) is 0. The van der Waals surface area contributed by atoms with Gasteiger partial charge in [0.25, 0.3) is 0 Å². The standard InChI is InChI=1S/C15H14Cl2/c1-9-7-11(3)13(8-10(9)2)12-5-4-6-14(16)15(12)17/h4-8H,1-3H3. The maximum absolute atomic E-state index is 6.26. The van der Waals surface area contributed by atoms with E-state index in [1.165, 1.54) is 16.7 Å². The van der Waals surface area contributed by atoms with Crippen molar-refractivity contribution in [2.24, 2.45) is 0 Å². The van der Waals surface area contributed by atoms with Crippen LogP contribution in [0.4, 0.5) is 0 Å². The summed E-state index contributed by atoms with van der Waals surface area (Å²) in [6.07, 6.45) is 0. The smallest absolute Gasteiger partial charge is 0.0670 e. The Labute approximate surface area is 112 Å². The number of benzene rings is 2. The summed E-state index contributed by atoms with van der Waals surface area (Å²) >= 11 is 12.3. The van der Waals surface area contributed by atoms with Crippen LogP contribution < -0.4 is 0 Å². The molecule has 2 aromatic rings. The van der Waals surface area contributed by atoms with Gasteiger partial charge >= 0.3 is 0 Å². The van der Waals surface area contributed by atoms with Crippen molar-refractivity contribution in [1.29, 1.82) is 0 Å². The maximum Gasteiger partial charge on any atom is 0.0670 e. The van der Waals surface area contributed by atoms with Crippen LogP contribution >= 0.6 is 23.2 Å². The average Bonchev–Trinajstić information content (AvgIpc) is 2.28. The van der Waals surface area contributed by atoms with Crippen LogP contribution in [0.2, 0.25) is 10.0 Å². The van der Waals surface area contributed by atoms with Crippen LogP contribution in [0, 0.1) is 20.8 Å². The first-order valence-electron chi connectivity index (χ1n) is 5.53. The lowest BCUT2D eigenvalue weighted by Crippen LogP contribution is -1.89. The summed E-state index contributed by atoms with van der Waals surface area (Å²) in [6.45, 7) is 6.32. The lowest BCUT2D eigenvalue weighted by molar-refractivity contribution is 1.30. The summed E-state index contributed by atoms with van der Waals surface area (Å²) in [5.74, 6) is 0. The Kier molecular flexibility index (Phi) is 3.46. The molecular formula is C15H14Cl2. The van der Waals surface area contributed by atoms with Gasteiger partial charge in [0.15, 0.2) is 0 Å². The van der Waals surface area contributed by atoms with E-state index >= 15 is 0 Å². The van der Waals surface area contributed by atoms with Gasteiger partial charge in [0.05, 0.1) is 10.0 Å². The third-order valence-corrected chi connectivity index (χ3v) is 3.90. The summed E-state index contributed by atoms with van der Waals surface area (Å²) in [4.78, 5) is 0. The zero-order chi connectivity index (χ0) is 12.6. The van der Waals surface area contributed by atoms with Gasteiger partial charge in [0, 0.05) is 5.56 Å². The Bertz CT molecular complexity index is 571. The van der Waals surface area contributed by atoms with Gasteiger partial charge in [-0.3, -0.25) is 0 Å². The Hall–Kier alpha value is -0.980. The van der Waals surface area contributed by atoms with E-state index in [0.29, 0.717) is 10.0 Å². The minimum Gasteiger partial charge on any atom is -0.0827 e. The highest BCUT2D eigenvalue weighted by atomic mass is 35.5. The summed E-state index contributed by atoms with van der Waals surface area (Å²) in [5, 5.41) is 1.22. The third kappa shape index (κ3) is 2.34. The Morgan fingerprint density at radius 2 is 1.41 bits per heavy atom. The molecule has 0 aliphatic heterocycles. The van der Waals surface area contributed by atoms with Crippen molar-refractivity contribution >= 4 is 23.2 Å². The van der Waals surface area contributed by atoms with Gasteiger partial charge in [-0.15, -0.1) is 0 Å². The SMILES string of the molecule is Cc1cc(C)c(-c2cccc(Cl)c2Cl)cc1C. The molecule has 0 spiro atoms. The van der Waals surface area contributed by atoms with Crippen molar-refractivity contribution in [3.63, 3.8) is 0 Å². The van der Waals surface area contributed by atoms with E-state index in [1.807, 2.05) is 18.2 Å². The Morgan fingerprint density at radius 3 is 2.12 bits per heavy atom. The summed E-state index contributed by atoms with van der Waals surface area (Å²) in [5.41, 5.74) is 5.93. The van der Waals surface area contributed by atoms with E-state index in [2.05, 4.69) is 32.9 Å². The molecule has 0 aromatic heterocycles. The highest BCUT2D eigenvalue weighted by Gasteiger charge is 2.10. The second kappa shape index (κ2) is 4.72. The number of rotatable bonds is 1. The van der Waals surface area contributed by atoms with Crippen LogP contribution in [0.25, 0.3) is 11.1 Å². The molecule has 2 aromatic carbocycles. The molecule has 0 unspecified atom stereocenters. The topological polar surface area (TPSA) is 0 Å². The van der Waals surface area contributed by atoms with E-state index < -0.39 is 0 Å². The molecule has 0 aliphatic carbocycles. The van der Waals surface area contributed by atoms with Crippen molar-refractivity contribution in [3.05, 3.63) is 57.1 Å². The van der Waals surface area contributed by atoms with E-state index in [-0.39, 0.29) is 0 Å². The largest absolute Gasteiger partial charge is 0.0827 e. The fourth-order valence-electron chi connectivity index (χ4n) is 1.96. The van der Waals surface area contributed by atoms with Crippen LogP contribution in [0.5, 0.6) is 0 Å². The fraction of sp³-hybridized carbons (Fsp3) is 0.200. The van der Waals surface area contributed by atoms with Crippen molar-refractivity contribution in [1.82, 2.24) is 0 Å². The zero-order valence-corrected chi connectivity index (χ0v) is 11.7. The second-order valence-corrected chi connectivity index (χ2v) is 5.14. The molecule has 0 atom stereocenters. The van der Waals surface area contributed by atoms with Crippen LogP contribution in [0.1, 0.15) is 16.7 Å². The second-order valence-electron chi connectivity index (χ2n) is 4.35. The van der Waals surface area contributed by atoms with Gasteiger partial charge in [-0.25, -0.2) is 0 Å². The summed E-state index contributed by atoms with van der Waals surface area (Å²) in [6, 6.07) is 10.1. The van der Waals surface area contributed by atoms with E-state index in [9.17, 15) is 0 Å². The molecule has 0 nitrogen and oxygen atoms in total. The molecule has 0 saturated heterocycles. The lowest BCUT2D eigenvalue weighted by atomic mass is 9.95. The minimum absolute atomic E-state index is 0.599. The molecular weight excluding hydrogens is 251 g/mol. The van der Waals surface area contributed by atoms with Gasteiger partial charge < -0.3 is 0 Å². The van der Waals surface area contributed by atoms with Gasteiger partial charge in [-0.2, -0.15) is 0 Å². The first-order valence-corrected chi connectivity index (χ1v) is 6.28. The molecule has 0 amide bonds. The molecule has 0 N–H and O–H groups in total. The van der Waals surface area contributed by atoms with Crippen LogP contribution in [-0.2, 0) is 0 Å². The first-order chi connectivity index (χ1) is 8.00. The highest BCUT2D eigenvalue weighted by molar-refractivity contribution is 6.43. The molecule has 0 aliphatic rings. The van der Waals surface area contributed by atoms with E-state index in [0.717, 1.165) is 11.1 Å². The normalized spacial score (nSPS) is 10.6.